The van der Waals surface area contributed by atoms with Gasteiger partial charge in [0.15, 0.2) is 0 Å². The second-order valence-corrected chi connectivity index (χ2v) is 7.60. The number of non-ortho nitro benzene ring substituents is 1. The van der Waals surface area contributed by atoms with Gasteiger partial charge >= 0.3 is 0 Å². The summed E-state index contributed by atoms with van der Waals surface area (Å²) in [5.41, 5.74) is 0.123. The van der Waals surface area contributed by atoms with E-state index in [-0.39, 0.29) is 23.2 Å². The lowest BCUT2D eigenvalue weighted by atomic mass is 10.3. The molecule has 0 bridgehead atoms. The van der Waals surface area contributed by atoms with E-state index in [4.69, 9.17) is 4.74 Å². The molecule has 0 fully saturated rings. The molecular weight excluding hydrogens is 356 g/mol. The predicted molar refractivity (Wildman–Crippen MR) is 100 cm³/mol. The number of hydrogen-bond acceptors (Lipinski definition) is 5. The van der Waals surface area contributed by atoms with Crippen LogP contribution in [0.3, 0.4) is 0 Å². The van der Waals surface area contributed by atoms with E-state index in [9.17, 15) is 18.5 Å². The second-order valence-electron chi connectivity index (χ2n) is 5.74. The van der Waals surface area contributed by atoms with E-state index in [2.05, 4.69) is 6.58 Å². The minimum absolute atomic E-state index is 0.00118. The SMILES string of the molecule is C=CCN(c1ccc(OC(C)C)cc1)S(=O)(=O)c1cccc([N+](=O)[O-])c1. The first-order valence-corrected chi connectivity index (χ1v) is 9.34. The van der Waals surface area contributed by atoms with Gasteiger partial charge < -0.3 is 4.74 Å². The summed E-state index contributed by atoms with van der Waals surface area (Å²) in [4.78, 5) is 10.2. The van der Waals surface area contributed by atoms with Gasteiger partial charge in [-0.25, -0.2) is 8.42 Å². The molecule has 0 N–H and O–H groups in total. The monoisotopic (exact) mass is 376 g/mol. The maximum absolute atomic E-state index is 13.0. The summed E-state index contributed by atoms with van der Waals surface area (Å²) in [5, 5.41) is 10.9. The van der Waals surface area contributed by atoms with Crippen LogP contribution in [0.2, 0.25) is 0 Å². The van der Waals surface area contributed by atoms with Crippen LogP contribution in [0.5, 0.6) is 5.75 Å². The van der Waals surface area contributed by atoms with Crippen molar-refractivity contribution in [2.75, 3.05) is 10.8 Å². The largest absolute Gasteiger partial charge is 0.491 e. The minimum atomic E-state index is -3.99. The third kappa shape index (κ3) is 4.40. The highest BCUT2D eigenvalue weighted by Gasteiger charge is 2.25. The van der Waals surface area contributed by atoms with Gasteiger partial charge in [0, 0.05) is 12.1 Å². The summed E-state index contributed by atoms with van der Waals surface area (Å²) in [6.45, 7) is 7.41. The summed E-state index contributed by atoms with van der Waals surface area (Å²) in [6, 6.07) is 11.6. The smallest absolute Gasteiger partial charge is 0.270 e. The Hall–Kier alpha value is -2.87. The van der Waals surface area contributed by atoms with E-state index in [1.54, 1.807) is 24.3 Å². The fourth-order valence-corrected chi connectivity index (χ4v) is 3.78. The van der Waals surface area contributed by atoms with E-state index in [1.807, 2.05) is 13.8 Å². The number of sulfonamides is 1. The van der Waals surface area contributed by atoms with E-state index >= 15 is 0 Å². The first kappa shape index (κ1) is 19.5. The Kier molecular flexibility index (Phi) is 5.99. The zero-order valence-corrected chi connectivity index (χ0v) is 15.3. The maximum Gasteiger partial charge on any atom is 0.270 e. The van der Waals surface area contributed by atoms with Crippen LogP contribution in [0.1, 0.15) is 13.8 Å². The van der Waals surface area contributed by atoms with E-state index in [0.29, 0.717) is 11.4 Å². The van der Waals surface area contributed by atoms with Gasteiger partial charge in [-0.05, 0) is 44.2 Å². The van der Waals surface area contributed by atoms with Crippen molar-refractivity contribution in [2.24, 2.45) is 0 Å². The number of benzene rings is 2. The van der Waals surface area contributed by atoms with Gasteiger partial charge in [-0.15, -0.1) is 6.58 Å². The van der Waals surface area contributed by atoms with Crippen molar-refractivity contribution in [1.29, 1.82) is 0 Å². The van der Waals surface area contributed by atoms with E-state index in [0.717, 1.165) is 10.4 Å². The molecule has 2 aromatic carbocycles. The van der Waals surface area contributed by atoms with Crippen LogP contribution >= 0.6 is 0 Å². The fraction of sp³-hybridized carbons (Fsp3) is 0.222. The van der Waals surface area contributed by atoms with Crippen molar-refractivity contribution in [3.63, 3.8) is 0 Å². The first-order valence-electron chi connectivity index (χ1n) is 7.90. The highest BCUT2D eigenvalue weighted by molar-refractivity contribution is 7.92. The third-order valence-corrected chi connectivity index (χ3v) is 5.20. The number of nitrogens with zero attached hydrogens (tertiary/aromatic N) is 2. The van der Waals surface area contributed by atoms with Gasteiger partial charge in [-0.1, -0.05) is 12.1 Å². The van der Waals surface area contributed by atoms with Crippen molar-refractivity contribution in [3.05, 3.63) is 71.3 Å². The third-order valence-electron chi connectivity index (χ3n) is 3.41. The normalized spacial score (nSPS) is 11.2. The summed E-state index contributed by atoms with van der Waals surface area (Å²) in [7, 11) is -3.99. The Labute approximate surface area is 152 Å². The lowest BCUT2D eigenvalue weighted by molar-refractivity contribution is -0.385. The molecule has 0 atom stereocenters. The number of nitro groups is 1. The number of ether oxygens (including phenoxy) is 1. The maximum atomic E-state index is 13.0. The number of anilines is 1. The summed E-state index contributed by atoms with van der Waals surface area (Å²) in [6.07, 6.45) is 1.45. The molecule has 2 rings (SSSR count). The lowest BCUT2D eigenvalue weighted by Crippen LogP contribution is -2.31. The minimum Gasteiger partial charge on any atom is -0.491 e. The molecule has 0 aromatic heterocycles. The molecular formula is C18H20N2O5S. The molecule has 0 unspecified atom stereocenters. The van der Waals surface area contributed by atoms with Crippen LogP contribution in [0.15, 0.2) is 66.1 Å². The molecule has 0 heterocycles. The summed E-state index contributed by atoms with van der Waals surface area (Å²) >= 11 is 0. The molecule has 26 heavy (non-hydrogen) atoms. The predicted octanol–water partition coefficient (Wildman–Crippen LogP) is 3.76. The average molecular weight is 376 g/mol. The Morgan fingerprint density at radius 2 is 1.88 bits per heavy atom. The van der Waals surface area contributed by atoms with Gasteiger partial charge in [-0.2, -0.15) is 0 Å². The van der Waals surface area contributed by atoms with Gasteiger partial charge in [0.25, 0.3) is 15.7 Å². The molecule has 138 valence electrons. The molecule has 0 saturated carbocycles. The molecule has 0 aliphatic heterocycles. The summed E-state index contributed by atoms with van der Waals surface area (Å²) < 4.78 is 32.7. The van der Waals surface area contributed by atoms with Gasteiger partial charge in [-0.3, -0.25) is 14.4 Å². The second kappa shape index (κ2) is 8.01. The van der Waals surface area contributed by atoms with E-state index < -0.39 is 14.9 Å². The molecule has 0 aliphatic carbocycles. The molecule has 2 aromatic rings. The number of nitro benzene ring substituents is 1. The van der Waals surface area contributed by atoms with Gasteiger partial charge in [0.2, 0.25) is 0 Å². The lowest BCUT2D eigenvalue weighted by Gasteiger charge is -2.23. The topological polar surface area (TPSA) is 89.8 Å². The molecule has 8 heteroatoms. The molecule has 0 aliphatic rings. The molecule has 0 saturated heterocycles. The van der Waals surface area contributed by atoms with Crippen LogP contribution in [-0.2, 0) is 10.0 Å². The quantitative estimate of drug-likeness (QED) is 0.397. The number of hydrogen-bond donors (Lipinski definition) is 0. The highest BCUT2D eigenvalue weighted by atomic mass is 32.2. The Balaban J connectivity index is 2.43. The Morgan fingerprint density at radius 3 is 2.42 bits per heavy atom. The van der Waals surface area contributed by atoms with Crippen LogP contribution in [-0.4, -0.2) is 26.0 Å². The zero-order chi connectivity index (χ0) is 19.3. The van der Waals surface area contributed by atoms with Crippen LogP contribution < -0.4 is 9.04 Å². The van der Waals surface area contributed by atoms with Crippen LogP contribution in [0.4, 0.5) is 11.4 Å². The summed E-state index contributed by atoms with van der Waals surface area (Å²) in [5.74, 6) is 0.620. The van der Waals surface area contributed by atoms with E-state index in [1.165, 1.54) is 24.3 Å². The first-order chi connectivity index (χ1) is 12.3. The van der Waals surface area contributed by atoms with Crippen LogP contribution in [0, 0.1) is 10.1 Å². The molecule has 0 amide bonds. The van der Waals surface area contributed by atoms with Gasteiger partial charge in [0.05, 0.1) is 28.2 Å². The number of rotatable bonds is 8. The average Bonchev–Trinajstić information content (AvgIpc) is 2.60. The van der Waals surface area contributed by atoms with Crippen molar-refractivity contribution in [3.8, 4) is 5.75 Å². The fourth-order valence-electron chi connectivity index (χ4n) is 2.31. The Morgan fingerprint density at radius 1 is 1.23 bits per heavy atom. The van der Waals surface area contributed by atoms with Crippen LogP contribution in [0.25, 0.3) is 0 Å². The van der Waals surface area contributed by atoms with Gasteiger partial charge in [0.1, 0.15) is 5.75 Å². The van der Waals surface area contributed by atoms with Crippen molar-refractivity contribution in [2.45, 2.75) is 24.8 Å². The standard InChI is InChI=1S/C18H20N2O5S/c1-4-12-19(15-8-10-17(11-9-15)25-14(2)3)26(23,24)18-7-5-6-16(13-18)20(21)22/h4-11,13-14H,1,12H2,2-3H3. The zero-order valence-electron chi connectivity index (χ0n) is 14.5. The Bertz CT molecular complexity index is 892. The molecule has 0 spiro atoms. The van der Waals surface area contributed by atoms with Crippen molar-refractivity contribution < 1.29 is 18.1 Å². The van der Waals surface area contributed by atoms with Crippen molar-refractivity contribution >= 4 is 21.4 Å². The molecule has 0 radical (unpaired) electrons. The van der Waals surface area contributed by atoms with Crippen molar-refractivity contribution in [1.82, 2.24) is 0 Å². The molecule has 7 nitrogen and oxygen atoms in total. The highest BCUT2D eigenvalue weighted by Crippen LogP contribution is 2.27.